The quantitative estimate of drug-likeness (QED) is 0.733. The van der Waals surface area contributed by atoms with Crippen LogP contribution in [0.25, 0.3) is 10.9 Å². The number of aliphatic hydroxyl groups is 1. The zero-order valence-corrected chi connectivity index (χ0v) is 13.7. The molecule has 1 aromatic carbocycles. The number of hydrogen-bond donors (Lipinski definition) is 3. The molecule has 0 aliphatic rings. The number of nitrogens with one attached hydrogen (secondary N) is 2. The number of aromatic nitrogens is 1. The number of fused-ring (bicyclic) bond motifs is 1. The van der Waals surface area contributed by atoms with Gasteiger partial charge < -0.3 is 20.3 Å². The summed E-state index contributed by atoms with van der Waals surface area (Å²) in [6, 6.07) is 7.24. The van der Waals surface area contributed by atoms with E-state index < -0.39 is 11.8 Å². The maximum Gasteiger partial charge on any atom is 0.313 e. The van der Waals surface area contributed by atoms with E-state index in [9.17, 15) is 9.59 Å². The van der Waals surface area contributed by atoms with Crippen molar-refractivity contribution in [3.8, 4) is 0 Å². The molecule has 2 rings (SSSR count). The summed E-state index contributed by atoms with van der Waals surface area (Å²) in [6.45, 7) is 3.83. The lowest BCUT2D eigenvalue weighted by Gasteiger charge is -2.21. The predicted molar refractivity (Wildman–Crippen MR) is 90.0 cm³/mol. The van der Waals surface area contributed by atoms with Crippen molar-refractivity contribution in [3.05, 3.63) is 30.5 Å². The van der Waals surface area contributed by atoms with E-state index in [0.29, 0.717) is 12.1 Å². The summed E-state index contributed by atoms with van der Waals surface area (Å²) in [5.74, 6) is -1.26. The molecule has 0 aliphatic heterocycles. The van der Waals surface area contributed by atoms with Crippen LogP contribution >= 0.6 is 0 Å². The second kappa shape index (κ2) is 7.28. The van der Waals surface area contributed by atoms with E-state index in [2.05, 4.69) is 10.6 Å². The number of hydrogen-bond acceptors (Lipinski definition) is 3. The summed E-state index contributed by atoms with van der Waals surface area (Å²) in [5, 5.41) is 15.4. The molecule has 1 heterocycles. The number of nitrogens with zero attached hydrogens (tertiary/aromatic N) is 1. The predicted octanol–water partition coefficient (Wildman–Crippen LogP) is 1.64. The highest BCUT2D eigenvalue weighted by atomic mass is 16.3. The molecule has 0 saturated heterocycles. The Kier molecular flexibility index (Phi) is 5.39. The van der Waals surface area contributed by atoms with Crippen LogP contribution in [0.3, 0.4) is 0 Å². The first-order chi connectivity index (χ1) is 10.9. The molecule has 6 heteroatoms. The monoisotopic (exact) mass is 317 g/mol. The summed E-state index contributed by atoms with van der Waals surface area (Å²) in [6.07, 6.45) is 2.36. The van der Waals surface area contributed by atoms with E-state index in [1.165, 1.54) is 0 Å². The number of aliphatic hydroxyl groups excluding tert-OH is 1. The van der Waals surface area contributed by atoms with Crippen LogP contribution in [0.4, 0.5) is 5.69 Å². The molecule has 0 radical (unpaired) electrons. The second-order valence-electron chi connectivity index (χ2n) is 5.99. The van der Waals surface area contributed by atoms with Crippen LogP contribution < -0.4 is 10.6 Å². The first-order valence-electron chi connectivity index (χ1n) is 7.70. The van der Waals surface area contributed by atoms with Crippen LogP contribution in [0, 0.1) is 5.92 Å². The van der Waals surface area contributed by atoms with Gasteiger partial charge in [-0.2, -0.15) is 0 Å². The number of carbonyl (C=O) groups is 2. The number of anilines is 1. The van der Waals surface area contributed by atoms with Crippen molar-refractivity contribution in [1.82, 2.24) is 9.88 Å². The van der Waals surface area contributed by atoms with Crippen LogP contribution in [-0.2, 0) is 16.6 Å². The smallest absolute Gasteiger partial charge is 0.313 e. The normalized spacial score (nSPS) is 12.4. The number of benzene rings is 1. The molecular formula is C17H23N3O3. The Bertz CT molecular complexity index is 706. The van der Waals surface area contributed by atoms with Crippen molar-refractivity contribution in [2.45, 2.75) is 26.3 Å². The minimum Gasteiger partial charge on any atom is -0.396 e. The van der Waals surface area contributed by atoms with E-state index in [1.54, 1.807) is 6.07 Å². The molecule has 2 aromatic rings. The van der Waals surface area contributed by atoms with Gasteiger partial charge >= 0.3 is 11.8 Å². The first kappa shape index (κ1) is 17.0. The Morgan fingerprint density at radius 1 is 1.22 bits per heavy atom. The van der Waals surface area contributed by atoms with E-state index in [0.717, 1.165) is 10.9 Å². The van der Waals surface area contributed by atoms with E-state index >= 15 is 0 Å². The fraction of sp³-hybridized carbons (Fsp3) is 0.412. The van der Waals surface area contributed by atoms with Gasteiger partial charge in [0.1, 0.15) is 0 Å². The van der Waals surface area contributed by atoms with E-state index in [-0.39, 0.29) is 18.6 Å². The van der Waals surface area contributed by atoms with Crippen molar-refractivity contribution < 1.29 is 14.7 Å². The third-order valence-corrected chi connectivity index (χ3v) is 3.91. The molecule has 124 valence electrons. The highest BCUT2D eigenvalue weighted by Crippen LogP contribution is 2.19. The summed E-state index contributed by atoms with van der Waals surface area (Å²) in [7, 11) is 1.92. The van der Waals surface area contributed by atoms with Crippen LogP contribution in [-0.4, -0.2) is 34.1 Å². The fourth-order valence-electron chi connectivity index (χ4n) is 2.47. The van der Waals surface area contributed by atoms with Crippen LogP contribution in [0.5, 0.6) is 0 Å². The van der Waals surface area contributed by atoms with Gasteiger partial charge in [-0.3, -0.25) is 9.59 Å². The molecule has 3 N–H and O–H groups in total. The van der Waals surface area contributed by atoms with Crippen molar-refractivity contribution in [2.24, 2.45) is 13.0 Å². The molecule has 6 nitrogen and oxygen atoms in total. The Morgan fingerprint density at radius 3 is 2.61 bits per heavy atom. The van der Waals surface area contributed by atoms with Gasteiger partial charge in [-0.15, -0.1) is 0 Å². The summed E-state index contributed by atoms with van der Waals surface area (Å²) in [4.78, 5) is 24.0. The standard InChI is InChI=1S/C17H23N3O3/c1-11(2)14(7-9-21)19-17(23)16(22)18-13-5-4-12-6-8-20(3)15(12)10-13/h4-6,8,10-11,14,21H,7,9H2,1-3H3,(H,18,22)(H,19,23). The van der Waals surface area contributed by atoms with Crippen molar-refractivity contribution in [2.75, 3.05) is 11.9 Å². The molecule has 1 unspecified atom stereocenters. The lowest BCUT2D eigenvalue weighted by atomic mass is 10.0. The maximum atomic E-state index is 12.0. The van der Waals surface area contributed by atoms with E-state index in [1.807, 2.05) is 49.9 Å². The SMILES string of the molecule is CC(C)C(CCO)NC(=O)C(=O)Nc1ccc2ccn(C)c2c1. The topological polar surface area (TPSA) is 83.4 Å². The van der Waals surface area contributed by atoms with Gasteiger partial charge in [0.15, 0.2) is 0 Å². The molecule has 0 fully saturated rings. The van der Waals surface area contributed by atoms with Crippen molar-refractivity contribution in [3.63, 3.8) is 0 Å². The zero-order chi connectivity index (χ0) is 17.0. The van der Waals surface area contributed by atoms with Gasteiger partial charge in [-0.05, 0) is 35.9 Å². The summed E-state index contributed by atoms with van der Waals surface area (Å²) in [5.41, 5.74) is 1.55. The van der Waals surface area contributed by atoms with Gasteiger partial charge in [0.2, 0.25) is 0 Å². The van der Waals surface area contributed by atoms with Gasteiger partial charge in [-0.1, -0.05) is 19.9 Å². The third kappa shape index (κ3) is 4.10. The van der Waals surface area contributed by atoms with Gasteiger partial charge in [0, 0.05) is 37.1 Å². The Balaban J connectivity index is 2.04. The molecule has 0 saturated carbocycles. The highest BCUT2D eigenvalue weighted by molar-refractivity contribution is 6.39. The average Bonchev–Trinajstić information content (AvgIpc) is 2.87. The third-order valence-electron chi connectivity index (χ3n) is 3.91. The Hall–Kier alpha value is -2.34. The molecule has 0 aliphatic carbocycles. The first-order valence-corrected chi connectivity index (χ1v) is 7.70. The van der Waals surface area contributed by atoms with Gasteiger partial charge in [-0.25, -0.2) is 0 Å². The number of carbonyl (C=O) groups excluding carboxylic acids is 2. The zero-order valence-electron chi connectivity index (χ0n) is 13.7. The maximum absolute atomic E-state index is 12.0. The molecule has 1 atom stereocenters. The highest BCUT2D eigenvalue weighted by Gasteiger charge is 2.20. The fourth-order valence-corrected chi connectivity index (χ4v) is 2.47. The largest absolute Gasteiger partial charge is 0.396 e. The Morgan fingerprint density at radius 2 is 1.96 bits per heavy atom. The number of rotatable bonds is 5. The lowest BCUT2D eigenvalue weighted by Crippen LogP contribution is -2.44. The average molecular weight is 317 g/mol. The van der Waals surface area contributed by atoms with Crippen molar-refractivity contribution >= 4 is 28.4 Å². The van der Waals surface area contributed by atoms with Crippen molar-refractivity contribution in [1.29, 1.82) is 0 Å². The second-order valence-corrected chi connectivity index (χ2v) is 5.99. The number of amides is 2. The Labute approximate surface area is 135 Å². The summed E-state index contributed by atoms with van der Waals surface area (Å²) < 4.78 is 1.95. The minimum absolute atomic E-state index is 0.0328. The van der Waals surface area contributed by atoms with Crippen LogP contribution in [0.15, 0.2) is 30.5 Å². The van der Waals surface area contributed by atoms with E-state index in [4.69, 9.17) is 5.11 Å². The lowest BCUT2D eigenvalue weighted by molar-refractivity contribution is -0.136. The molecular weight excluding hydrogens is 294 g/mol. The summed E-state index contributed by atoms with van der Waals surface area (Å²) >= 11 is 0. The minimum atomic E-state index is -0.706. The van der Waals surface area contributed by atoms with Gasteiger partial charge in [0.05, 0.1) is 0 Å². The van der Waals surface area contributed by atoms with Crippen LogP contribution in [0.2, 0.25) is 0 Å². The van der Waals surface area contributed by atoms with Crippen LogP contribution in [0.1, 0.15) is 20.3 Å². The molecule has 2 amide bonds. The molecule has 1 aromatic heterocycles. The molecule has 23 heavy (non-hydrogen) atoms. The molecule has 0 bridgehead atoms. The molecule has 0 spiro atoms. The van der Waals surface area contributed by atoms with Gasteiger partial charge in [0.25, 0.3) is 0 Å². The number of aryl methyl sites for hydroxylation is 1.